The fraction of sp³-hybridized carbons (Fsp3) is 0.611. The van der Waals surface area contributed by atoms with Crippen molar-refractivity contribution < 1.29 is 5.11 Å². The van der Waals surface area contributed by atoms with Gasteiger partial charge >= 0.3 is 0 Å². The van der Waals surface area contributed by atoms with Crippen molar-refractivity contribution in [2.45, 2.75) is 58.0 Å². The predicted molar refractivity (Wildman–Crippen MR) is 80.9 cm³/mol. The molecule has 1 aromatic rings. The molecule has 0 bridgehead atoms. The molecule has 1 unspecified atom stereocenters. The minimum atomic E-state index is -1.07. The fourth-order valence-corrected chi connectivity index (χ4v) is 3.61. The van der Waals surface area contributed by atoms with Crippen molar-refractivity contribution in [3.8, 4) is 6.07 Å². The number of hydrogen-bond donors (Lipinski definition) is 1. The first-order valence-electron chi connectivity index (χ1n) is 7.75. The summed E-state index contributed by atoms with van der Waals surface area (Å²) in [6.07, 6.45) is 6.18. The lowest BCUT2D eigenvalue weighted by Crippen LogP contribution is -2.45. The first kappa shape index (κ1) is 15.1. The third-order valence-electron chi connectivity index (χ3n) is 5.14. The molecule has 2 rings (SSSR count). The molecule has 2 heteroatoms. The number of nitrogens with zero attached hydrogens (tertiary/aromatic N) is 1. The van der Waals surface area contributed by atoms with Crippen LogP contribution in [0.5, 0.6) is 0 Å². The van der Waals surface area contributed by atoms with Gasteiger partial charge in [0.2, 0.25) is 0 Å². The van der Waals surface area contributed by atoms with Gasteiger partial charge in [-0.2, -0.15) is 5.26 Å². The number of rotatable bonds is 4. The van der Waals surface area contributed by atoms with Gasteiger partial charge in [0.1, 0.15) is 5.60 Å². The van der Waals surface area contributed by atoms with Gasteiger partial charge in [-0.3, -0.25) is 0 Å². The molecule has 1 N–H and O–H groups in total. The smallest absolute Gasteiger partial charge is 0.105 e. The Kier molecular flexibility index (Phi) is 4.50. The summed E-state index contributed by atoms with van der Waals surface area (Å²) in [5.74, 6) is 0.730. The third-order valence-corrected chi connectivity index (χ3v) is 5.14. The molecule has 1 fully saturated rings. The van der Waals surface area contributed by atoms with E-state index >= 15 is 0 Å². The maximum absolute atomic E-state index is 11.1. The Balaban J connectivity index is 2.22. The summed E-state index contributed by atoms with van der Waals surface area (Å²) in [5, 5.41) is 20.8. The predicted octanol–water partition coefficient (Wildman–Crippen LogP) is 4.39. The lowest BCUT2D eigenvalue weighted by molar-refractivity contribution is -0.0700. The molecule has 0 amide bonds. The van der Waals surface area contributed by atoms with Crippen LogP contribution in [0.2, 0.25) is 0 Å². The van der Waals surface area contributed by atoms with Gasteiger partial charge in [-0.15, -0.1) is 0 Å². The van der Waals surface area contributed by atoms with Gasteiger partial charge in [-0.05, 0) is 44.1 Å². The molecule has 0 aromatic heterocycles. The van der Waals surface area contributed by atoms with E-state index in [9.17, 15) is 10.4 Å². The van der Waals surface area contributed by atoms with Gasteiger partial charge in [0.15, 0.2) is 0 Å². The van der Waals surface area contributed by atoms with E-state index in [4.69, 9.17) is 0 Å². The van der Waals surface area contributed by atoms with Crippen LogP contribution in [0.4, 0.5) is 0 Å². The lowest BCUT2D eigenvalue weighted by Gasteiger charge is -2.45. The molecule has 1 atom stereocenters. The number of nitriles is 1. The Morgan fingerprint density at radius 2 is 1.90 bits per heavy atom. The molecular formula is C18H25NO. The van der Waals surface area contributed by atoms with Gasteiger partial charge in [0.05, 0.1) is 11.5 Å². The van der Waals surface area contributed by atoms with Crippen LogP contribution in [0.1, 0.15) is 57.9 Å². The van der Waals surface area contributed by atoms with Crippen molar-refractivity contribution in [1.29, 1.82) is 5.26 Å². The first-order valence-corrected chi connectivity index (χ1v) is 7.75. The second-order valence-electron chi connectivity index (χ2n) is 6.36. The minimum absolute atomic E-state index is 0.640. The highest BCUT2D eigenvalue weighted by atomic mass is 16.3. The van der Waals surface area contributed by atoms with Crippen molar-refractivity contribution in [3.63, 3.8) is 0 Å². The summed E-state index contributed by atoms with van der Waals surface area (Å²) in [6, 6.07) is 12.1. The standard InChI is InChI=1S/C18H25NO/c1-3-7-15-10-12-18(14-19,13-11-15)17(2,20)16-8-5-4-6-9-16/h4-6,8-9,15,20H,3,7,10-13H2,1-2H3. The average Bonchev–Trinajstić information content (AvgIpc) is 2.49. The summed E-state index contributed by atoms with van der Waals surface area (Å²) >= 11 is 0. The van der Waals surface area contributed by atoms with Crippen LogP contribution in [-0.4, -0.2) is 5.11 Å². The van der Waals surface area contributed by atoms with Gasteiger partial charge < -0.3 is 5.11 Å². The largest absolute Gasteiger partial charge is 0.384 e. The third kappa shape index (κ3) is 2.60. The van der Waals surface area contributed by atoms with E-state index < -0.39 is 11.0 Å². The zero-order valence-electron chi connectivity index (χ0n) is 12.6. The molecule has 1 aliphatic carbocycles. The van der Waals surface area contributed by atoms with Crippen molar-refractivity contribution in [2.75, 3.05) is 0 Å². The summed E-state index contributed by atoms with van der Waals surface area (Å²) in [4.78, 5) is 0. The lowest BCUT2D eigenvalue weighted by atomic mass is 9.60. The molecule has 0 heterocycles. The summed E-state index contributed by atoms with van der Waals surface area (Å²) in [6.45, 7) is 4.03. The Labute approximate surface area is 122 Å². The summed E-state index contributed by atoms with van der Waals surface area (Å²) in [7, 11) is 0. The molecule has 1 aromatic carbocycles. The Morgan fingerprint density at radius 1 is 1.30 bits per heavy atom. The van der Waals surface area contributed by atoms with Crippen LogP contribution < -0.4 is 0 Å². The molecular weight excluding hydrogens is 246 g/mol. The average molecular weight is 271 g/mol. The number of hydrogen-bond acceptors (Lipinski definition) is 2. The van der Waals surface area contributed by atoms with E-state index in [1.165, 1.54) is 12.8 Å². The normalized spacial score (nSPS) is 29.4. The second-order valence-corrected chi connectivity index (χ2v) is 6.36. The highest BCUT2D eigenvalue weighted by molar-refractivity contribution is 5.28. The highest BCUT2D eigenvalue weighted by Gasteiger charge is 2.50. The maximum atomic E-state index is 11.1. The van der Waals surface area contributed by atoms with Gasteiger partial charge in [-0.1, -0.05) is 50.1 Å². The summed E-state index contributed by atoms with van der Waals surface area (Å²) < 4.78 is 0. The quantitative estimate of drug-likeness (QED) is 0.882. The molecule has 0 radical (unpaired) electrons. The summed E-state index contributed by atoms with van der Waals surface area (Å²) in [5.41, 5.74) is -0.853. The van der Waals surface area contributed by atoms with Crippen molar-refractivity contribution in [2.24, 2.45) is 11.3 Å². The topological polar surface area (TPSA) is 44.0 Å². The molecule has 0 saturated heterocycles. The van der Waals surface area contributed by atoms with Gasteiger partial charge in [0.25, 0.3) is 0 Å². The van der Waals surface area contributed by atoms with Crippen LogP contribution in [0.3, 0.4) is 0 Å². The van der Waals surface area contributed by atoms with Gasteiger partial charge in [-0.25, -0.2) is 0 Å². The molecule has 0 aliphatic heterocycles. The van der Waals surface area contributed by atoms with Crippen LogP contribution in [0.15, 0.2) is 30.3 Å². The molecule has 1 saturated carbocycles. The second kappa shape index (κ2) is 5.97. The SMILES string of the molecule is CCCC1CCC(C#N)(C(C)(O)c2ccccc2)CC1. The Morgan fingerprint density at radius 3 is 2.40 bits per heavy atom. The van der Waals surface area contributed by atoms with Crippen molar-refractivity contribution in [3.05, 3.63) is 35.9 Å². The monoisotopic (exact) mass is 271 g/mol. The molecule has 20 heavy (non-hydrogen) atoms. The van der Waals surface area contributed by atoms with E-state index in [1.54, 1.807) is 0 Å². The highest BCUT2D eigenvalue weighted by Crippen LogP contribution is 2.51. The number of benzene rings is 1. The minimum Gasteiger partial charge on any atom is -0.384 e. The van der Waals surface area contributed by atoms with E-state index in [-0.39, 0.29) is 0 Å². The van der Waals surface area contributed by atoms with Crippen LogP contribution in [0, 0.1) is 22.7 Å². The van der Waals surface area contributed by atoms with E-state index in [0.717, 1.165) is 37.2 Å². The Hall–Kier alpha value is -1.33. The van der Waals surface area contributed by atoms with Crippen LogP contribution >= 0.6 is 0 Å². The van der Waals surface area contributed by atoms with E-state index in [1.807, 2.05) is 37.3 Å². The maximum Gasteiger partial charge on any atom is 0.105 e. The number of aliphatic hydroxyl groups is 1. The van der Waals surface area contributed by atoms with Crippen molar-refractivity contribution >= 4 is 0 Å². The van der Waals surface area contributed by atoms with Crippen molar-refractivity contribution in [1.82, 2.24) is 0 Å². The molecule has 1 aliphatic rings. The molecule has 108 valence electrons. The fourth-order valence-electron chi connectivity index (χ4n) is 3.61. The zero-order chi connectivity index (χ0) is 14.6. The Bertz CT molecular complexity index is 464. The van der Waals surface area contributed by atoms with E-state index in [0.29, 0.717) is 0 Å². The first-order chi connectivity index (χ1) is 9.55. The molecule has 0 spiro atoms. The molecule has 2 nitrogen and oxygen atoms in total. The zero-order valence-corrected chi connectivity index (χ0v) is 12.6. The van der Waals surface area contributed by atoms with E-state index in [2.05, 4.69) is 13.0 Å². The van der Waals surface area contributed by atoms with Crippen LogP contribution in [0.25, 0.3) is 0 Å². The van der Waals surface area contributed by atoms with Crippen LogP contribution in [-0.2, 0) is 5.60 Å². The van der Waals surface area contributed by atoms with Gasteiger partial charge in [0, 0.05) is 0 Å².